The number of rotatable bonds is 6. The van der Waals surface area contributed by atoms with Gasteiger partial charge in [-0.1, -0.05) is 30.3 Å². The van der Waals surface area contributed by atoms with Crippen LogP contribution in [-0.4, -0.2) is 15.9 Å². The van der Waals surface area contributed by atoms with Gasteiger partial charge >= 0.3 is 5.97 Å². The maximum Gasteiger partial charge on any atom is 0.308 e. The number of hydrogen-bond donors (Lipinski definition) is 1. The average molecular weight is 422 g/mol. The molecule has 0 aliphatic carbocycles. The van der Waals surface area contributed by atoms with Gasteiger partial charge in [-0.05, 0) is 48.0 Å². The molecule has 0 atom stereocenters. The Morgan fingerprint density at radius 3 is 2.40 bits per heavy atom. The highest BCUT2D eigenvalue weighted by Gasteiger charge is 2.07. The second kappa shape index (κ2) is 9.71. The number of aromatic nitrogens is 2. The number of hydrogen-bond acceptors (Lipinski definition) is 6. The van der Waals surface area contributed by atoms with Gasteiger partial charge in [-0.25, -0.2) is 9.97 Å². The quantitative estimate of drug-likeness (QED) is 0.336. The lowest BCUT2D eigenvalue weighted by atomic mass is 10.2. The van der Waals surface area contributed by atoms with Gasteiger partial charge in [-0.3, -0.25) is 4.79 Å². The molecule has 7 heteroatoms. The molecule has 0 radical (unpaired) electrons. The minimum Gasteiger partial charge on any atom is -0.489 e. The number of carbonyl (C=O) groups excluding carboxylic acids is 1. The highest BCUT2D eigenvalue weighted by Crippen LogP contribution is 2.27. The van der Waals surface area contributed by atoms with Gasteiger partial charge < -0.3 is 14.8 Å². The monoisotopic (exact) mass is 421 g/mol. The van der Waals surface area contributed by atoms with E-state index in [4.69, 9.17) is 9.47 Å². The number of fused-ring (bicyclic) bond motifs is 1. The first kappa shape index (κ1) is 21.1. The first-order chi connectivity index (χ1) is 14.2. The summed E-state index contributed by atoms with van der Waals surface area (Å²) in [6, 6.07) is 22.9. The second-order valence-corrected chi connectivity index (χ2v) is 6.42. The molecule has 152 valence electrons. The van der Waals surface area contributed by atoms with E-state index in [1.54, 1.807) is 18.2 Å². The standard InChI is InChI=1S/C23H19N3O3.ClH/c1-16(27)29-20-11-12-22-21(13-20)23(25-15-24-22)26-18-7-9-19(10-8-18)28-14-17-5-3-2-4-6-17;/h2-13,15H,14H2,1H3,(H,24,25,26);1H. The molecule has 1 heterocycles. The van der Waals surface area contributed by atoms with Crippen LogP contribution in [0.3, 0.4) is 0 Å². The zero-order chi connectivity index (χ0) is 20.1. The van der Waals surface area contributed by atoms with Crippen LogP contribution in [-0.2, 0) is 11.4 Å². The van der Waals surface area contributed by atoms with Crippen molar-refractivity contribution >= 4 is 40.8 Å². The van der Waals surface area contributed by atoms with Crippen molar-refractivity contribution in [1.29, 1.82) is 0 Å². The maximum atomic E-state index is 11.2. The van der Waals surface area contributed by atoms with Crippen LogP contribution in [0.5, 0.6) is 11.5 Å². The molecule has 0 aliphatic rings. The summed E-state index contributed by atoms with van der Waals surface area (Å²) in [5.74, 6) is 1.49. The van der Waals surface area contributed by atoms with Gasteiger partial charge in [0.05, 0.1) is 5.52 Å². The van der Waals surface area contributed by atoms with Crippen molar-refractivity contribution in [3.05, 3.63) is 84.7 Å². The second-order valence-electron chi connectivity index (χ2n) is 6.42. The Morgan fingerprint density at radius 1 is 0.933 bits per heavy atom. The molecule has 30 heavy (non-hydrogen) atoms. The minimum absolute atomic E-state index is 0. The summed E-state index contributed by atoms with van der Waals surface area (Å²) in [4.78, 5) is 19.8. The summed E-state index contributed by atoms with van der Waals surface area (Å²) in [5, 5.41) is 4.04. The topological polar surface area (TPSA) is 73.3 Å². The Balaban J connectivity index is 0.00000256. The van der Waals surface area contributed by atoms with Crippen LogP contribution < -0.4 is 14.8 Å². The summed E-state index contributed by atoms with van der Waals surface area (Å²) in [7, 11) is 0. The van der Waals surface area contributed by atoms with Gasteiger partial charge in [0.15, 0.2) is 0 Å². The van der Waals surface area contributed by atoms with Gasteiger partial charge in [0, 0.05) is 18.0 Å². The van der Waals surface area contributed by atoms with Crippen LogP contribution in [0, 0.1) is 0 Å². The fourth-order valence-corrected chi connectivity index (χ4v) is 2.88. The Hall–Kier alpha value is -3.64. The van der Waals surface area contributed by atoms with Crippen molar-refractivity contribution in [2.24, 2.45) is 0 Å². The third-order valence-electron chi connectivity index (χ3n) is 4.23. The SMILES string of the molecule is CC(=O)Oc1ccc2ncnc(Nc3ccc(OCc4ccccc4)cc3)c2c1.Cl. The zero-order valence-corrected chi connectivity index (χ0v) is 17.1. The number of carbonyl (C=O) groups is 1. The molecular formula is C23H20ClN3O3. The van der Waals surface area contributed by atoms with Crippen molar-refractivity contribution in [3.63, 3.8) is 0 Å². The lowest BCUT2D eigenvalue weighted by Gasteiger charge is -2.11. The Morgan fingerprint density at radius 2 is 1.67 bits per heavy atom. The Labute approximate surface area is 180 Å². The van der Waals surface area contributed by atoms with Gasteiger partial charge in [-0.2, -0.15) is 0 Å². The summed E-state index contributed by atoms with van der Waals surface area (Å²) in [6.45, 7) is 1.88. The predicted molar refractivity (Wildman–Crippen MR) is 119 cm³/mol. The third-order valence-corrected chi connectivity index (χ3v) is 4.23. The van der Waals surface area contributed by atoms with Crippen molar-refractivity contribution in [3.8, 4) is 11.5 Å². The third kappa shape index (κ3) is 5.24. The van der Waals surface area contributed by atoms with E-state index in [1.807, 2.05) is 54.6 Å². The number of anilines is 2. The van der Waals surface area contributed by atoms with Crippen LogP contribution in [0.1, 0.15) is 12.5 Å². The first-order valence-corrected chi connectivity index (χ1v) is 9.14. The van der Waals surface area contributed by atoms with E-state index < -0.39 is 0 Å². The molecule has 4 rings (SSSR count). The average Bonchev–Trinajstić information content (AvgIpc) is 2.74. The number of nitrogens with zero attached hydrogens (tertiary/aromatic N) is 2. The van der Waals surface area contributed by atoms with E-state index in [-0.39, 0.29) is 18.4 Å². The summed E-state index contributed by atoms with van der Waals surface area (Å²) in [5.41, 5.74) is 2.72. The van der Waals surface area contributed by atoms with Gasteiger partial charge in [0.25, 0.3) is 0 Å². The molecule has 3 aromatic carbocycles. The molecule has 0 bridgehead atoms. The normalized spacial score (nSPS) is 10.2. The lowest BCUT2D eigenvalue weighted by Crippen LogP contribution is -2.02. The lowest BCUT2D eigenvalue weighted by molar-refractivity contribution is -0.131. The summed E-state index contributed by atoms with van der Waals surface area (Å²) < 4.78 is 11.0. The number of halogens is 1. The van der Waals surface area contributed by atoms with Crippen molar-refractivity contribution in [2.75, 3.05) is 5.32 Å². The molecule has 0 spiro atoms. The molecular weight excluding hydrogens is 402 g/mol. The zero-order valence-electron chi connectivity index (χ0n) is 16.2. The molecule has 1 N–H and O–H groups in total. The van der Waals surface area contributed by atoms with Crippen LogP contribution in [0.2, 0.25) is 0 Å². The Bertz CT molecular complexity index is 1140. The van der Waals surface area contributed by atoms with Crippen LogP contribution in [0.25, 0.3) is 10.9 Å². The maximum absolute atomic E-state index is 11.2. The molecule has 0 amide bonds. The highest BCUT2D eigenvalue weighted by atomic mass is 35.5. The fraction of sp³-hybridized carbons (Fsp3) is 0.0870. The minimum atomic E-state index is -0.373. The molecule has 0 saturated carbocycles. The van der Waals surface area contributed by atoms with E-state index in [9.17, 15) is 4.79 Å². The summed E-state index contributed by atoms with van der Waals surface area (Å²) in [6.07, 6.45) is 1.49. The van der Waals surface area contributed by atoms with Crippen LogP contribution in [0.4, 0.5) is 11.5 Å². The highest BCUT2D eigenvalue weighted by molar-refractivity contribution is 5.92. The van der Waals surface area contributed by atoms with Crippen molar-refractivity contribution < 1.29 is 14.3 Å². The van der Waals surface area contributed by atoms with Crippen molar-refractivity contribution in [1.82, 2.24) is 9.97 Å². The molecule has 4 aromatic rings. The predicted octanol–water partition coefficient (Wildman–Crippen LogP) is 5.30. The fourth-order valence-electron chi connectivity index (χ4n) is 2.88. The van der Waals surface area contributed by atoms with E-state index in [0.29, 0.717) is 18.2 Å². The number of nitrogens with one attached hydrogen (secondary N) is 1. The van der Waals surface area contributed by atoms with E-state index in [2.05, 4.69) is 15.3 Å². The molecule has 0 unspecified atom stereocenters. The molecule has 0 saturated heterocycles. The molecule has 6 nitrogen and oxygen atoms in total. The number of benzene rings is 3. The van der Waals surface area contributed by atoms with Crippen molar-refractivity contribution in [2.45, 2.75) is 13.5 Å². The van der Waals surface area contributed by atoms with Gasteiger partial charge in [0.2, 0.25) is 0 Å². The Kier molecular flexibility index (Phi) is 6.83. The first-order valence-electron chi connectivity index (χ1n) is 9.14. The van der Waals surface area contributed by atoms with Crippen LogP contribution >= 0.6 is 12.4 Å². The smallest absolute Gasteiger partial charge is 0.308 e. The number of esters is 1. The van der Waals surface area contributed by atoms with E-state index >= 15 is 0 Å². The van der Waals surface area contributed by atoms with Gasteiger partial charge in [-0.15, -0.1) is 12.4 Å². The van der Waals surface area contributed by atoms with Gasteiger partial charge in [0.1, 0.15) is 30.3 Å². The summed E-state index contributed by atoms with van der Waals surface area (Å²) >= 11 is 0. The van der Waals surface area contributed by atoms with E-state index in [1.165, 1.54) is 13.3 Å². The number of ether oxygens (including phenoxy) is 2. The molecule has 0 aliphatic heterocycles. The largest absolute Gasteiger partial charge is 0.489 e. The molecule has 1 aromatic heterocycles. The van der Waals surface area contributed by atoms with Crippen LogP contribution in [0.15, 0.2) is 79.1 Å². The van der Waals surface area contributed by atoms with E-state index in [0.717, 1.165) is 27.9 Å². The molecule has 0 fully saturated rings.